The van der Waals surface area contributed by atoms with E-state index in [9.17, 15) is 28.0 Å². The van der Waals surface area contributed by atoms with Gasteiger partial charge in [0.05, 0.1) is 41.3 Å². The third-order valence-corrected chi connectivity index (χ3v) is 12.7. The molecule has 4 aromatic heterocycles. The van der Waals surface area contributed by atoms with Crippen molar-refractivity contribution < 1.29 is 32.3 Å². The number of carbonyl (C=O) groups is 3. The van der Waals surface area contributed by atoms with E-state index < -0.39 is 24.1 Å². The number of Topliss-reactive ketones (excluding diaryl/α,β-unsaturated/α-hetero) is 2. The highest BCUT2D eigenvalue weighted by molar-refractivity contribution is 6.04. The molecular weight excluding hydrogens is 789 g/mol. The molecule has 9 rings (SSSR count). The van der Waals surface area contributed by atoms with Crippen LogP contribution in [-0.2, 0) is 27.8 Å². The topological polar surface area (TPSA) is 171 Å². The van der Waals surface area contributed by atoms with Crippen LogP contribution in [0.2, 0.25) is 0 Å². The Kier molecular flexibility index (Phi) is 11.7. The van der Waals surface area contributed by atoms with Crippen LogP contribution in [0.5, 0.6) is 0 Å². The SMILES string of the molecule is Cn1c(=O)n(C2CCC(=O)CC2=O)c2cccc(CCCOC3CN(CC4CCC(n5cc(NC(=O)c6coc(-c7ccnc(NCC8CC8)c7)n6)c(C(F)F)n5)CC4)C3)c21. The van der Waals surface area contributed by atoms with Gasteiger partial charge in [0.15, 0.2) is 17.2 Å². The van der Waals surface area contributed by atoms with E-state index in [2.05, 4.69) is 30.6 Å². The quantitative estimate of drug-likeness (QED) is 0.0819. The summed E-state index contributed by atoms with van der Waals surface area (Å²) in [4.78, 5) is 62.0. The second-order valence-corrected chi connectivity index (χ2v) is 17.2. The van der Waals surface area contributed by atoms with Crippen molar-refractivity contribution in [1.82, 2.24) is 33.8 Å². The van der Waals surface area contributed by atoms with Gasteiger partial charge in [0, 0.05) is 64.2 Å². The summed E-state index contributed by atoms with van der Waals surface area (Å²) < 4.78 is 44.8. The maximum Gasteiger partial charge on any atom is 0.329 e. The number of hydrogen-bond acceptors (Lipinski definition) is 11. The van der Waals surface area contributed by atoms with Gasteiger partial charge in [-0.1, -0.05) is 12.1 Å². The fourth-order valence-electron chi connectivity index (χ4n) is 9.18. The fraction of sp³-hybridized carbons (Fsp3) is 0.523. The van der Waals surface area contributed by atoms with Crippen molar-refractivity contribution in [3.8, 4) is 11.5 Å². The third-order valence-electron chi connectivity index (χ3n) is 12.7. The van der Waals surface area contributed by atoms with E-state index in [0.717, 1.165) is 81.3 Å². The molecular formula is C44H51F2N9O6. The van der Waals surface area contributed by atoms with Gasteiger partial charge >= 0.3 is 5.69 Å². The molecule has 17 heteroatoms. The highest BCUT2D eigenvalue weighted by Crippen LogP contribution is 2.36. The first-order valence-corrected chi connectivity index (χ1v) is 21.5. The Morgan fingerprint density at radius 1 is 1.03 bits per heavy atom. The Morgan fingerprint density at radius 2 is 1.84 bits per heavy atom. The van der Waals surface area contributed by atoms with Crippen molar-refractivity contribution in [2.24, 2.45) is 18.9 Å². The molecule has 61 heavy (non-hydrogen) atoms. The number of benzene rings is 1. The smallest absolute Gasteiger partial charge is 0.329 e. The van der Waals surface area contributed by atoms with Crippen molar-refractivity contribution in [2.75, 3.05) is 43.4 Å². The Labute approximate surface area is 350 Å². The Hall–Kier alpha value is -5.55. The first-order chi connectivity index (χ1) is 29.6. The molecule has 4 aliphatic rings. The summed E-state index contributed by atoms with van der Waals surface area (Å²) in [5, 5.41) is 10.1. The number of nitrogens with zero attached hydrogens (tertiary/aromatic N) is 7. The molecule has 4 fully saturated rings. The van der Waals surface area contributed by atoms with Gasteiger partial charge in [-0.25, -0.2) is 23.5 Å². The molecule has 0 bridgehead atoms. The van der Waals surface area contributed by atoms with Crippen LogP contribution in [0.25, 0.3) is 22.5 Å². The minimum absolute atomic E-state index is 0.0310. The monoisotopic (exact) mass is 839 g/mol. The average molecular weight is 840 g/mol. The zero-order valence-electron chi connectivity index (χ0n) is 34.2. The fourth-order valence-corrected chi connectivity index (χ4v) is 9.18. The van der Waals surface area contributed by atoms with Crippen molar-refractivity contribution in [1.29, 1.82) is 0 Å². The molecule has 2 N–H and O–H groups in total. The Bertz CT molecular complexity index is 2470. The van der Waals surface area contributed by atoms with Gasteiger partial charge in [0.2, 0.25) is 5.89 Å². The van der Waals surface area contributed by atoms with Crippen LogP contribution in [0.15, 0.2) is 58.2 Å². The van der Waals surface area contributed by atoms with Crippen molar-refractivity contribution in [3.05, 3.63) is 76.4 Å². The molecule has 1 saturated heterocycles. The van der Waals surface area contributed by atoms with Crippen LogP contribution in [0.3, 0.4) is 0 Å². The van der Waals surface area contributed by atoms with E-state index in [0.29, 0.717) is 42.7 Å². The minimum atomic E-state index is -2.87. The van der Waals surface area contributed by atoms with Crippen molar-refractivity contribution >= 4 is 40.0 Å². The number of anilines is 2. The third kappa shape index (κ3) is 8.94. The van der Waals surface area contributed by atoms with Crippen LogP contribution in [-0.4, -0.2) is 90.1 Å². The molecule has 3 saturated carbocycles. The summed E-state index contributed by atoms with van der Waals surface area (Å²) in [7, 11) is 1.73. The maximum absolute atomic E-state index is 14.1. The summed E-state index contributed by atoms with van der Waals surface area (Å²) in [6.07, 6.45) is 9.60. The van der Waals surface area contributed by atoms with Gasteiger partial charge in [0.25, 0.3) is 12.3 Å². The predicted molar refractivity (Wildman–Crippen MR) is 222 cm³/mol. The average Bonchev–Trinajstić information content (AvgIpc) is 3.64. The lowest BCUT2D eigenvalue weighted by Gasteiger charge is -2.42. The summed E-state index contributed by atoms with van der Waals surface area (Å²) in [5.74, 6) is 1.14. The van der Waals surface area contributed by atoms with Gasteiger partial charge in [-0.05, 0) is 93.4 Å². The number of rotatable bonds is 16. The molecule has 1 amide bonds. The van der Waals surface area contributed by atoms with Crippen LogP contribution in [0.4, 0.5) is 20.3 Å². The number of carbonyl (C=O) groups excluding carboxylic acids is 3. The summed E-state index contributed by atoms with van der Waals surface area (Å²) in [5.41, 5.74) is 2.44. The number of aromatic nitrogens is 6. The highest BCUT2D eigenvalue weighted by atomic mass is 19.3. The normalized spacial score (nSPS) is 21.3. The van der Waals surface area contributed by atoms with Gasteiger partial charge in [-0.2, -0.15) is 5.10 Å². The maximum atomic E-state index is 14.1. The minimum Gasteiger partial charge on any atom is -0.444 e. The molecule has 1 atom stereocenters. The van der Waals surface area contributed by atoms with Crippen LogP contribution in [0.1, 0.15) is 104 Å². The number of halogens is 2. The molecule has 1 aromatic carbocycles. The van der Waals surface area contributed by atoms with Crippen LogP contribution in [0, 0.1) is 11.8 Å². The number of hydrogen-bond donors (Lipinski definition) is 2. The number of aryl methyl sites for hydroxylation is 2. The Balaban J connectivity index is 0.716. The zero-order chi connectivity index (χ0) is 42.2. The number of fused-ring (bicyclic) bond motifs is 1. The number of imidazole rings is 1. The molecule has 3 aliphatic carbocycles. The largest absolute Gasteiger partial charge is 0.444 e. The van der Waals surface area contributed by atoms with E-state index in [4.69, 9.17) is 9.15 Å². The number of alkyl halides is 2. The standard InChI is InChI=1S/C44H51F2N9O6/c1-52-40-28(4-2-6-36(40)55(44(52)59)35-14-13-31(56)19-37(35)57)5-3-17-60-32-22-53(23-32)21-27-9-11-30(12-10-27)54-24-33(39(51-54)41(45)46)49-42(58)34-25-61-43(50-34)29-15-16-47-38(18-29)48-20-26-7-8-26/h2,4,6,15-16,18,24-27,30,32,35,41H,3,5,7-14,17,19-23H2,1H3,(H,47,48)(H,49,58). The number of ether oxygens (including phenoxy) is 1. The predicted octanol–water partition coefficient (Wildman–Crippen LogP) is 6.53. The lowest BCUT2D eigenvalue weighted by Crippen LogP contribution is -2.53. The second kappa shape index (κ2) is 17.4. The van der Waals surface area contributed by atoms with E-state index in [1.165, 1.54) is 25.3 Å². The Morgan fingerprint density at radius 3 is 2.61 bits per heavy atom. The van der Waals surface area contributed by atoms with Crippen LogP contribution < -0.4 is 16.3 Å². The number of likely N-dealkylation sites (tertiary alicyclic amines) is 1. The van der Waals surface area contributed by atoms with Gasteiger partial charge in [-0.3, -0.25) is 33.1 Å². The summed E-state index contributed by atoms with van der Waals surface area (Å²) >= 11 is 0. The van der Waals surface area contributed by atoms with Gasteiger partial charge in [-0.15, -0.1) is 0 Å². The van der Waals surface area contributed by atoms with E-state index in [1.54, 1.807) is 39.2 Å². The molecule has 0 spiro atoms. The van der Waals surface area contributed by atoms with E-state index >= 15 is 0 Å². The molecule has 5 heterocycles. The molecule has 5 aromatic rings. The number of oxazole rings is 1. The zero-order valence-corrected chi connectivity index (χ0v) is 34.2. The number of pyridine rings is 1. The second-order valence-electron chi connectivity index (χ2n) is 17.2. The molecule has 322 valence electrons. The van der Waals surface area contributed by atoms with E-state index in [-0.39, 0.29) is 53.1 Å². The number of para-hydroxylation sites is 1. The van der Waals surface area contributed by atoms with Crippen molar-refractivity contribution in [2.45, 2.75) is 95.2 Å². The molecule has 1 unspecified atom stereocenters. The summed E-state index contributed by atoms with van der Waals surface area (Å²) in [6.45, 7) is 4.11. The lowest BCUT2D eigenvalue weighted by molar-refractivity contribution is -0.132. The molecule has 1 aliphatic heterocycles. The van der Waals surface area contributed by atoms with Gasteiger partial charge < -0.3 is 19.8 Å². The number of ketones is 2. The summed E-state index contributed by atoms with van der Waals surface area (Å²) in [6, 6.07) is 8.68. The first kappa shape index (κ1) is 40.8. The van der Waals surface area contributed by atoms with Gasteiger partial charge in [0.1, 0.15) is 17.9 Å². The first-order valence-electron chi connectivity index (χ1n) is 21.5. The van der Waals surface area contributed by atoms with Crippen molar-refractivity contribution in [3.63, 3.8) is 0 Å². The molecule has 15 nitrogen and oxygen atoms in total. The number of amides is 1. The van der Waals surface area contributed by atoms with E-state index in [1.807, 2.05) is 18.2 Å². The highest BCUT2D eigenvalue weighted by Gasteiger charge is 2.34. The lowest BCUT2D eigenvalue weighted by atomic mass is 9.85. The molecule has 0 radical (unpaired) electrons. The van der Waals surface area contributed by atoms with Crippen LogP contribution >= 0.6 is 0 Å². The number of nitrogens with one attached hydrogen (secondary N) is 2.